The van der Waals surface area contributed by atoms with Crippen LogP contribution in [-0.4, -0.2) is 53.4 Å². The molecule has 0 radical (unpaired) electrons. The molecular weight excluding hydrogens is 532 g/mol. The predicted octanol–water partition coefficient (Wildman–Crippen LogP) is 6.78. The number of Topliss-reactive ketones (excluding diaryl/α,β-unsaturated/α-hetero) is 1. The summed E-state index contributed by atoms with van der Waals surface area (Å²) in [6.45, 7) is 11.0. The molecule has 0 fully saturated rings. The maximum absolute atomic E-state index is 11.8. The third-order valence-electron chi connectivity index (χ3n) is 7.23. The Hall–Kier alpha value is -4.08. The number of methoxy groups -OCH3 is 1. The fourth-order valence-corrected chi connectivity index (χ4v) is 4.83. The monoisotopic (exact) mass is 572 g/mol. The van der Waals surface area contributed by atoms with Gasteiger partial charge in [0, 0.05) is 18.1 Å². The van der Waals surface area contributed by atoms with Gasteiger partial charge in [0.05, 0.1) is 31.5 Å². The van der Waals surface area contributed by atoms with Gasteiger partial charge in [-0.2, -0.15) is 0 Å². The number of carbonyl (C=O) groups is 2. The molecule has 1 heterocycles. The number of aromatic hydroxyl groups is 1. The SMILES string of the molecule is CCCc1c(OCCCCCOc2c(C)c(C)c3c(c2C)C(O)=C(O)C(C)(OC(=O)OC)O3)ccc(C(C)=O)c1O. The van der Waals surface area contributed by atoms with Crippen LogP contribution in [0.25, 0.3) is 5.76 Å². The molecule has 0 aromatic heterocycles. The lowest BCUT2D eigenvalue weighted by atomic mass is 9.93. The molecule has 2 aromatic carbocycles. The molecule has 1 aliphatic heterocycles. The summed E-state index contributed by atoms with van der Waals surface area (Å²) < 4.78 is 27.5. The summed E-state index contributed by atoms with van der Waals surface area (Å²) in [4.78, 5) is 23.5. The number of ether oxygens (including phenoxy) is 5. The Morgan fingerprint density at radius 3 is 2.22 bits per heavy atom. The Morgan fingerprint density at radius 2 is 1.61 bits per heavy atom. The second kappa shape index (κ2) is 13.1. The molecule has 0 aliphatic carbocycles. The van der Waals surface area contributed by atoms with Crippen molar-refractivity contribution in [2.45, 2.75) is 79.4 Å². The molecule has 224 valence electrons. The van der Waals surface area contributed by atoms with E-state index in [-0.39, 0.29) is 22.8 Å². The van der Waals surface area contributed by atoms with E-state index >= 15 is 0 Å². The third-order valence-corrected chi connectivity index (χ3v) is 7.23. The highest BCUT2D eigenvalue weighted by molar-refractivity contribution is 5.97. The standard InChI is InChI=1S/C31H40O10/c1-8-12-22-23(14-13-21(20(5)32)25(22)33)38-15-10-9-11-16-39-27-17(2)18(3)28-24(19(27)4)26(34)29(35)31(6,40-28)41-30(36)37-7/h13-14,33-35H,8-12,15-16H2,1-7H3. The topological polar surface area (TPSA) is 141 Å². The quantitative estimate of drug-likeness (QED) is 0.142. The number of benzene rings is 2. The number of phenols is 1. The minimum absolute atomic E-state index is 0.00319. The molecule has 0 bridgehead atoms. The van der Waals surface area contributed by atoms with Crippen molar-refractivity contribution in [2.24, 2.45) is 0 Å². The summed E-state index contributed by atoms with van der Waals surface area (Å²) in [6.07, 6.45) is 2.67. The lowest BCUT2D eigenvalue weighted by molar-refractivity contribution is -0.138. The van der Waals surface area contributed by atoms with Gasteiger partial charge in [0.15, 0.2) is 11.5 Å². The number of aliphatic hydroxyl groups is 2. The van der Waals surface area contributed by atoms with E-state index in [1.165, 1.54) is 13.8 Å². The number of phenolic OH excluding ortho intramolecular Hbond substituents is 1. The minimum atomic E-state index is -1.95. The zero-order valence-electron chi connectivity index (χ0n) is 24.8. The Labute approximate surface area is 240 Å². The molecule has 3 N–H and O–H groups in total. The van der Waals surface area contributed by atoms with Crippen LogP contribution in [0.3, 0.4) is 0 Å². The number of ketones is 1. The van der Waals surface area contributed by atoms with Crippen LogP contribution in [0, 0.1) is 20.8 Å². The van der Waals surface area contributed by atoms with Crippen molar-refractivity contribution in [3.8, 4) is 23.0 Å². The van der Waals surface area contributed by atoms with Gasteiger partial charge in [-0.25, -0.2) is 4.79 Å². The van der Waals surface area contributed by atoms with Crippen LogP contribution in [0.1, 0.15) is 84.6 Å². The van der Waals surface area contributed by atoms with Gasteiger partial charge in [0.25, 0.3) is 0 Å². The first-order chi connectivity index (χ1) is 19.4. The lowest BCUT2D eigenvalue weighted by Crippen LogP contribution is -2.43. The maximum atomic E-state index is 11.8. The molecule has 0 saturated carbocycles. The van der Waals surface area contributed by atoms with Crippen LogP contribution >= 0.6 is 0 Å². The maximum Gasteiger partial charge on any atom is 0.511 e. The van der Waals surface area contributed by atoms with E-state index in [1.807, 2.05) is 13.8 Å². The van der Waals surface area contributed by atoms with Gasteiger partial charge in [-0.05, 0) is 76.6 Å². The highest BCUT2D eigenvalue weighted by Gasteiger charge is 2.46. The first-order valence-electron chi connectivity index (χ1n) is 13.7. The van der Waals surface area contributed by atoms with Crippen LogP contribution in [0.15, 0.2) is 17.9 Å². The molecule has 0 spiro atoms. The average Bonchev–Trinajstić information content (AvgIpc) is 2.92. The molecule has 41 heavy (non-hydrogen) atoms. The van der Waals surface area contributed by atoms with Crippen LogP contribution in [0.4, 0.5) is 4.79 Å². The molecule has 1 unspecified atom stereocenters. The second-order valence-electron chi connectivity index (χ2n) is 10.2. The Kier molecular flexibility index (Phi) is 10.0. The molecule has 0 saturated heterocycles. The van der Waals surface area contributed by atoms with E-state index in [9.17, 15) is 24.9 Å². The molecule has 2 aromatic rings. The first kappa shape index (κ1) is 31.4. The fraction of sp³-hybridized carbons (Fsp3) is 0.484. The van der Waals surface area contributed by atoms with Gasteiger partial charge < -0.3 is 39.0 Å². The number of unbranched alkanes of at least 4 members (excludes halogenated alkanes) is 2. The first-order valence-corrected chi connectivity index (χ1v) is 13.7. The summed E-state index contributed by atoms with van der Waals surface area (Å²) in [5, 5.41) is 32.0. The number of aliphatic hydroxyl groups excluding tert-OH is 2. The Balaban J connectivity index is 1.63. The number of rotatable bonds is 12. The lowest BCUT2D eigenvalue weighted by Gasteiger charge is -2.35. The Morgan fingerprint density at radius 1 is 0.951 bits per heavy atom. The summed E-state index contributed by atoms with van der Waals surface area (Å²) in [5.41, 5.74) is 3.25. The minimum Gasteiger partial charge on any atom is -0.507 e. The smallest absolute Gasteiger partial charge is 0.507 e. The van der Waals surface area contributed by atoms with Crippen LogP contribution in [0.5, 0.6) is 23.0 Å². The van der Waals surface area contributed by atoms with E-state index in [0.717, 1.165) is 38.4 Å². The zero-order valence-corrected chi connectivity index (χ0v) is 24.8. The highest BCUT2D eigenvalue weighted by atomic mass is 16.8. The van der Waals surface area contributed by atoms with E-state index in [0.29, 0.717) is 53.4 Å². The molecule has 1 aliphatic rings. The van der Waals surface area contributed by atoms with Crippen LogP contribution < -0.4 is 14.2 Å². The Bertz CT molecular complexity index is 1340. The zero-order chi connectivity index (χ0) is 30.5. The number of hydrogen-bond acceptors (Lipinski definition) is 10. The van der Waals surface area contributed by atoms with Gasteiger partial charge in [-0.15, -0.1) is 0 Å². The van der Waals surface area contributed by atoms with Crippen molar-refractivity contribution in [1.82, 2.24) is 0 Å². The van der Waals surface area contributed by atoms with Crippen molar-refractivity contribution in [2.75, 3.05) is 20.3 Å². The molecule has 10 heteroatoms. The van der Waals surface area contributed by atoms with Gasteiger partial charge in [-0.1, -0.05) is 13.3 Å². The van der Waals surface area contributed by atoms with Gasteiger partial charge >= 0.3 is 11.9 Å². The second-order valence-corrected chi connectivity index (χ2v) is 10.2. The summed E-state index contributed by atoms with van der Waals surface area (Å²) in [5.74, 6) is -1.83. The van der Waals surface area contributed by atoms with Crippen molar-refractivity contribution < 1.29 is 48.6 Å². The number of hydrogen-bond donors (Lipinski definition) is 3. The van der Waals surface area contributed by atoms with Crippen LogP contribution in [0.2, 0.25) is 0 Å². The van der Waals surface area contributed by atoms with E-state index in [2.05, 4.69) is 4.74 Å². The van der Waals surface area contributed by atoms with E-state index in [4.69, 9.17) is 18.9 Å². The molecule has 1 atom stereocenters. The molecule has 3 rings (SSSR count). The summed E-state index contributed by atoms with van der Waals surface area (Å²) in [7, 11) is 1.13. The van der Waals surface area contributed by atoms with E-state index < -0.39 is 23.5 Å². The number of fused-ring (bicyclic) bond motifs is 1. The predicted molar refractivity (Wildman–Crippen MR) is 152 cm³/mol. The van der Waals surface area contributed by atoms with Gasteiger partial charge in [-0.3, -0.25) is 4.79 Å². The summed E-state index contributed by atoms with van der Waals surface area (Å²) in [6, 6.07) is 3.33. The molecule has 10 nitrogen and oxygen atoms in total. The van der Waals surface area contributed by atoms with Gasteiger partial charge in [0.1, 0.15) is 23.0 Å². The fourth-order valence-electron chi connectivity index (χ4n) is 4.83. The van der Waals surface area contributed by atoms with E-state index in [1.54, 1.807) is 26.0 Å². The number of carbonyl (C=O) groups excluding carboxylic acids is 2. The summed E-state index contributed by atoms with van der Waals surface area (Å²) >= 11 is 0. The van der Waals surface area contributed by atoms with Crippen molar-refractivity contribution in [3.63, 3.8) is 0 Å². The average molecular weight is 573 g/mol. The van der Waals surface area contributed by atoms with Gasteiger partial charge in [0.2, 0.25) is 5.76 Å². The van der Waals surface area contributed by atoms with Crippen molar-refractivity contribution in [1.29, 1.82) is 0 Å². The van der Waals surface area contributed by atoms with Crippen LogP contribution in [-0.2, 0) is 15.9 Å². The van der Waals surface area contributed by atoms with Crippen molar-refractivity contribution in [3.05, 3.63) is 51.3 Å². The highest BCUT2D eigenvalue weighted by Crippen LogP contribution is 2.47. The molecule has 0 amide bonds. The molecular formula is C31H40O10. The normalized spacial score (nSPS) is 16.1. The van der Waals surface area contributed by atoms with Crippen molar-refractivity contribution >= 4 is 17.7 Å². The largest absolute Gasteiger partial charge is 0.511 e. The third kappa shape index (κ3) is 6.47.